The van der Waals surface area contributed by atoms with Gasteiger partial charge in [0.1, 0.15) is 17.5 Å². The van der Waals surface area contributed by atoms with Gasteiger partial charge >= 0.3 is 12.1 Å². The first-order chi connectivity index (χ1) is 13.8. The minimum atomic E-state index is -4.51. The van der Waals surface area contributed by atoms with E-state index in [1.807, 2.05) is 0 Å². The van der Waals surface area contributed by atoms with E-state index in [9.17, 15) is 23.1 Å². The Morgan fingerprint density at radius 1 is 1.14 bits per heavy atom. The number of carboxylic acids is 1. The number of likely N-dealkylation sites (tertiary alicyclic amines) is 1. The first kappa shape index (κ1) is 21.0. The molecule has 0 aliphatic carbocycles. The Morgan fingerprint density at radius 3 is 2.31 bits per heavy atom. The lowest BCUT2D eigenvalue weighted by atomic mass is 9.93. The van der Waals surface area contributed by atoms with Crippen LogP contribution in [-0.4, -0.2) is 42.8 Å². The molecule has 0 radical (unpaired) electrons. The number of aliphatic carboxylic acids is 1. The summed E-state index contributed by atoms with van der Waals surface area (Å²) in [6, 6.07) is 8.46. The molecule has 5 nitrogen and oxygen atoms in total. The van der Waals surface area contributed by atoms with Gasteiger partial charge in [-0.1, -0.05) is 18.2 Å². The molecule has 0 amide bonds. The van der Waals surface area contributed by atoms with Gasteiger partial charge < -0.3 is 14.6 Å². The van der Waals surface area contributed by atoms with Crippen molar-refractivity contribution in [3.63, 3.8) is 0 Å². The van der Waals surface area contributed by atoms with E-state index in [1.54, 1.807) is 29.2 Å². The van der Waals surface area contributed by atoms with Crippen LogP contribution in [0.25, 0.3) is 0 Å². The molecule has 2 aromatic rings. The Balaban J connectivity index is 2.24. The fraction of sp³-hybridized carbons (Fsp3) is 0.381. The molecule has 0 saturated carbocycles. The first-order valence-corrected chi connectivity index (χ1v) is 9.14. The van der Waals surface area contributed by atoms with Gasteiger partial charge in [-0.25, -0.2) is 0 Å². The Hall–Kier alpha value is -2.74. The number of nitrogens with zero attached hydrogens (tertiary/aromatic N) is 1. The number of methoxy groups -OCH3 is 2. The molecule has 1 saturated heterocycles. The van der Waals surface area contributed by atoms with Crippen LogP contribution in [0.15, 0.2) is 42.5 Å². The van der Waals surface area contributed by atoms with Crippen molar-refractivity contribution in [3.05, 3.63) is 59.2 Å². The summed E-state index contributed by atoms with van der Waals surface area (Å²) in [7, 11) is 2.92. The van der Waals surface area contributed by atoms with Crippen LogP contribution in [0.4, 0.5) is 13.2 Å². The van der Waals surface area contributed by atoms with Crippen molar-refractivity contribution in [3.8, 4) is 11.5 Å². The minimum Gasteiger partial charge on any atom is -0.496 e. The second-order valence-corrected chi connectivity index (χ2v) is 6.84. The summed E-state index contributed by atoms with van der Waals surface area (Å²) in [6.45, 7) is 0.430. The Bertz CT molecular complexity index is 862. The molecule has 1 N–H and O–H groups in total. The third kappa shape index (κ3) is 4.17. The van der Waals surface area contributed by atoms with E-state index in [1.165, 1.54) is 20.3 Å². The number of ether oxygens (including phenoxy) is 2. The third-order valence-corrected chi connectivity index (χ3v) is 5.18. The predicted octanol–water partition coefficient (Wildman–Crippen LogP) is 4.36. The zero-order chi connectivity index (χ0) is 21.2. The van der Waals surface area contributed by atoms with Gasteiger partial charge in [-0.2, -0.15) is 13.2 Å². The molecule has 2 unspecified atom stereocenters. The average Bonchev–Trinajstić information content (AvgIpc) is 3.17. The second kappa shape index (κ2) is 8.32. The van der Waals surface area contributed by atoms with Crippen LogP contribution < -0.4 is 9.47 Å². The molecule has 0 spiro atoms. The fourth-order valence-electron chi connectivity index (χ4n) is 3.92. The van der Waals surface area contributed by atoms with Crippen LogP contribution in [0.3, 0.4) is 0 Å². The van der Waals surface area contributed by atoms with Gasteiger partial charge in [0.25, 0.3) is 0 Å². The number of benzene rings is 2. The Morgan fingerprint density at radius 2 is 1.76 bits per heavy atom. The maximum atomic E-state index is 13.3. The van der Waals surface area contributed by atoms with Crippen molar-refractivity contribution in [1.29, 1.82) is 0 Å². The van der Waals surface area contributed by atoms with Crippen LogP contribution in [0.5, 0.6) is 11.5 Å². The van der Waals surface area contributed by atoms with Gasteiger partial charge in [-0.3, -0.25) is 9.69 Å². The van der Waals surface area contributed by atoms with E-state index < -0.39 is 29.8 Å². The Labute approximate surface area is 166 Å². The summed E-state index contributed by atoms with van der Waals surface area (Å²) in [6.07, 6.45) is -3.46. The SMILES string of the molecule is COc1cccc(OC)c1C(c1cccc(C(F)(F)F)c1)N1CCCC1C(=O)O. The number of carbonyl (C=O) groups is 1. The normalized spacial score (nSPS) is 18.4. The Kier molecular flexibility index (Phi) is 6.02. The average molecular weight is 409 g/mol. The number of alkyl halides is 3. The van der Waals surface area contributed by atoms with Crippen LogP contribution >= 0.6 is 0 Å². The molecular formula is C21H22F3NO4. The molecule has 29 heavy (non-hydrogen) atoms. The molecule has 1 fully saturated rings. The van der Waals surface area contributed by atoms with Crippen molar-refractivity contribution >= 4 is 5.97 Å². The highest BCUT2D eigenvalue weighted by Gasteiger charge is 2.40. The number of carboxylic acid groups (broad SMARTS) is 1. The number of halogens is 3. The molecule has 2 aromatic carbocycles. The molecule has 156 valence electrons. The van der Waals surface area contributed by atoms with Gasteiger partial charge in [0, 0.05) is 6.54 Å². The number of hydrogen-bond acceptors (Lipinski definition) is 4. The standard InChI is InChI=1S/C21H22F3NO4/c1-28-16-9-4-10-17(29-2)18(16)19(25-11-5-8-15(25)20(26)27)13-6-3-7-14(12-13)21(22,23)24/h3-4,6-7,9-10,12,15,19H,5,8,11H2,1-2H3,(H,26,27). The molecule has 0 bridgehead atoms. The minimum absolute atomic E-state index is 0.329. The second-order valence-electron chi connectivity index (χ2n) is 6.84. The van der Waals surface area contributed by atoms with Crippen molar-refractivity contribution in [2.24, 2.45) is 0 Å². The largest absolute Gasteiger partial charge is 0.496 e. The highest BCUT2D eigenvalue weighted by molar-refractivity contribution is 5.74. The third-order valence-electron chi connectivity index (χ3n) is 5.18. The van der Waals surface area contributed by atoms with E-state index in [4.69, 9.17) is 9.47 Å². The lowest BCUT2D eigenvalue weighted by Gasteiger charge is -2.34. The van der Waals surface area contributed by atoms with Crippen LogP contribution in [0.1, 0.15) is 35.6 Å². The smallest absolute Gasteiger partial charge is 0.416 e. The number of hydrogen-bond donors (Lipinski definition) is 1. The summed E-state index contributed by atoms with van der Waals surface area (Å²) < 4.78 is 51.0. The first-order valence-electron chi connectivity index (χ1n) is 9.14. The molecular weight excluding hydrogens is 387 g/mol. The lowest BCUT2D eigenvalue weighted by Crippen LogP contribution is -2.39. The molecule has 1 heterocycles. The highest BCUT2D eigenvalue weighted by Crippen LogP contribution is 2.44. The van der Waals surface area contributed by atoms with E-state index in [0.29, 0.717) is 42.0 Å². The van der Waals surface area contributed by atoms with Crippen molar-refractivity contribution in [2.45, 2.75) is 31.1 Å². The van der Waals surface area contributed by atoms with E-state index in [-0.39, 0.29) is 0 Å². The van der Waals surface area contributed by atoms with Gasteiger partial charge in [-0.05, 0) is 42.7 Å². The molecule has 8 heteroatoms. The predicted molar refractivity (Wildman–Crippen MR) is 100 cm³/mol. The lowest BCUT2D eigenvalue weighted by molar-refractivity contribution is -0.143. The van der Waals surface area contributed by atoms with Gasteiger partial charge in [0.2, 0.25) is 0 Å². The maximum Gasteiger partial charge on any atom is 0.416 e. The number of rotatable bonds is 6. The molecule has 1 aliphatic heterocycles. The summed E-state index contributed by atoms with van der Waals surface area (Å²) in [4.78, 5) is 13.5. The van der Waals surface area contributed by atoms with Crippen molar-refractivity contribution < 1.29 is 32.5 Å². The maximum absolute atomic E-state index is 13.3. The summed E-state index contributed by atoms with van der Waals surface area (Å²) in [5, 5.41) is 9.68. The van der Waals surface area contributed by atoms with E-state index >= 15 is 0 Å². The van der Waals surface area contributed by atoms with Crippen LogP contribution in [0, 0.1) is 0 Å². The van der Waals surface area contributed by atoms with Gasteiger partial charge in [0.15, 0.2) is 0 Å². The van der Waals surface area contributed by atoms with Gasteiger partial charge in [0.05, 0.1) is 31.4 Å². The van der Waals surface area contributed by atoms with Crippen molar-refractivity contribution in [1.82, 2.24) is 4.90 Å². The topological polar surface area (TPSA) is 59.0 Å². The quantitative estimate of drug-likeness (QED) is 0.768. The van der Waals surface area contributed by atoms with Crippen LogP contribution in [-0.2, 0) is 11.0 Å². The molecule has 3 rings (SSSR count). The highest BCUT2D eigenvalue weighted by atomic mass is 19.4. The monoisotopic (exact) mass is 409 g/mol. The summed E-state index contributed by atoms with van der Waals surface area (Å²) in [5.41, 5.74) is 0.0423. The van der Waals surface area contributed by atoms with E-state index in [0.717, 1.165) is 12.1 Å². The fourth-order valence-corrected chi connectivity index (χ4v) is 3.92. The summed E-state index contributed by atoms with van der Waals surface area (Å²) >= 11 is 0. The zero-order valence-corrected chi connectivity index (χ0v) is 16.1. The van der Waals surface area contributed by atoms with E-state index in [2.05, 4.69) is 0 Å². The van der Waals surface area contributed by atoms with Gasteiger partial charge in [-0.15, -0.1) is 0 Å². The van der Waals surface area contributed by atoms with Crippen LogP contribution in [0.2, 0.25) is 0 Å². The summed E-state index contributed by atoms with van der Waals surface area (Å²) in [5.74, 6) is -0.168. The zero-order valence-electron chi connectivity index (χ0n) is 16.1. The van der Waals surface area contributed by atoms with Crippen molar-refractivity contribution in [2.75, 3.05) is 20.8 Å². The molecule has 2 atom stereocenters. The molecule has 1 aliphatic rings. The molecule has 0 aromatic heterocycles.